The molecule has 0 aliphatic rings. The smallest absolute Gasteiger partial charge is 0.411 e. The molecule has 7 heteroatoms. The number of ether oxygens (including phenoxy) is 2. The number of hydrogen-bond donors (Lipinski definition) is 2. The lowest BCUT2D eigenvalue weighted by Gasteiger charge is -2.06. The molecule has 0 rings (SSSR count). The van der Waals surface area contributed by atoms with E-state index in [0.717, 1.165) is 12.5 Å². The molecule has 0 unspecified atom stereocenters. The second kappa shape index (κ2) is 9.03. The van der Waals surface area contributed by atoms with Crippen molar-refractivity contribution in [2.75, 3.05) is 13.7 Å². The third kappa shape index (κ3) is 7.26. The SMILES string of the molecule is CCCCOC(=O)N/C(=C/CC(=O)OC)C(=O)O. The van der Waals surface area contributed by atoms with Gasteiger partial charge in [0.25, 0.3) is 0 Å². The second-order valence-electron chi connectivity index (χ2n) is 3.32. The number of unbranched alkanes of at least 4 members (excludes halogenated alkanes) is 1. The number of methoxy groups -OCH3 is 1. The third-order valence-electron chi connectivity index (χ3n) is 1.90. The molecule has 1 amide bonds. The highest BCUT2D eigenvalue weighted by atomic mass is 16.5. The van der Waals surface area contributed by atoms with Crippen LogP contribution in [0.4, 0.5) is 4.79 Å². The van der Waals surface area contributed by atoms with Crippen LogP contribution in [0.5, 0.6) is 0 Å². The van der Waals surface area contributed by atoms with Crippen LogP contribution in [-0.2, 0) is 19.1 Å². The van der Waals surface area contributed by atoms with Gasteiger partial charge in [-0.3, -0.25) is 10.1 Å². The molecule has 0 aromatic carbocycles. The molecule has 0 aliphatic carbocycles. The number of amides is 1. The standard InChI is InChI=1S/C11H17NO6/c1-3-4-7-18-11(16)12-8(10(14)15)5-6-9(13)17-2/h5H,3-4,6-7H2,1-2H3,(H,12,16)(H,14,15)/b8-5+. The van der Waals surface area contributed by atoms with Gasteiger partial charge in [-0.15, -0.1) is 0 Å². The van der Waals surface area contributed by atoms with Crippen molar-refractivity contribution in [2.45, 2.75) is 26.2 Å². The maximum Gasteiger partial charge on any atom is 0.411 e. The van der Waals surface area contributed by atoms with E-state index in [1.165, 1.54) is 7.11 Å². The Kier molecular flexibility index (Phi) is 8.00. The Labute approximate surface area is 105 Å². The maximum absolute atomic E-state index is 11.2. The Balaban J connectivity index is 4.31. The van der Waals surface area contributed by atoms with Crippen molar-refractivity contribution in [3.05, 3.63) is 11.8 Å². The summed E-state index contributed by atoms with van der Waals surface area (Å²) in [5.74, 6) is -1.96. The summed E-state index contributed by atoms with van der Waals surface area (Å²) >= 11 is 0. The van der Waals surface area contributed by atoms with Crippen molar-refractivity contribution >= 4 is 18.0 Å². The van der Waals surface area contributed by atoms with E-state index in [1.807, 2.05) is 12.2 Å². The monoisotopic (exact) mass is 259 g/mol. The average molecular weight is 259 g/mol. The van der Waals surface area contributed by atoms with E-state index in [-0.39, 0.29) is 13.0 Å². The first-order valence-electron chi connectivity index (χ1n) is 5.45. The van der Waals surface area contributed by atoms with Gasteiger partial charge in [-0.05, 0) is 12.5 Å². The second-order valence-corrected chi connectivity index (χ2v) is 3.32. The average Bonchev–Trinajstić information content (AvgIpc) is 2.33. The first-order valence-corrected chi connectivity index (χ1v) is 5.45. The van der Waals surface area contributed by atoms with Crippen molar-refractivity contribution in [1.82, 2.24) is 5.32 Å². The van der Waals surface area contributed by atoms with Crippen molar-refractivity contribution in [2.24, 2.45) is 0 Å². The molecule has 7 nitrogen and oxygen atoms in total. The van der Waals surface area contributed by atoms with Crippen LogP contribution in [-0.4, -0.2) is 36.9 Å². The summed E-state index contributed by atoms with van der Waals surface area (Å²) in [5, 5.41) is 10.8. The molecule has 0 fully saturated rings. The summed E-state index contributed by atoms with van der Waals surface area (Å²) in [6.45, 7) is 2.15. The van der Waals surface area contributed by atoms with Gasteiger partial charge >= 0.3 is 18.0 Å². The summed E-state index contributed by atoms with van der Waals surface area (Å²) in [7, 11) is 1.18. The number of nitrogens with one attached hydrogen (secondary N) is 1. The molecular formula is C11H17NO6. The lowest BCUT2D eigenvalue weighted by atomic mass is 10.3. The van der Waals surface area contributed by atoms with Crippen LogP contribution in [0.3, 0.4) is 0 Å². The Morgan fingerprint density at radius 2 is 2.00 bits per heavy atom. The van der Waals surface area contributed by atoms with Gasteiger partial charge in [0.15, 0.2) is 0 Å². The van der Waals surface area contributed by atoms with E-state index in [2.05, 4.69) is 4.74 Å². The van der Waals surface area contributed by atoms with E-state index in [0.29, 0.717) is 6.42 Å². The molecule has 0 bridgehead atoms. The number of carbonyl (C=O) groups is 3. The van der Waals surface area contributed by atoms with Gasteiger partial charge in [-0.1, -0.05) is 13.3 Å². The van der Waals surface area contributed by atoms with Crippen LogP contribution >= 0.6 is 0 Å². The van der Waals surface area contributed by atoms with Crippen molar-refractivity contribution in [3.8, 4) is 0 Å². The fourth-order valence-electron chi connectivity index (χ4n) is 0.916. The van der Waals surface area contributed by atoms with Gasteiger partial charge in [-0.2, -0.15) is 0 Å². The fraction of sp³-hybridized carbons (Fsp3) is 0.545. The van der Waals surface area contributed by atoms with E-state index >= 15 is 0 Å². The van der Waals surface area contributed by atoms with Crippen LogP contribution in [0.15, 0.2) is 11.8 Å². The molecule has 0 aliphatic heterocycles. The number of carboxylic acids is 1. The van der Waals surface area contributed by atoms with Crippen molar-refractivity contribution in [1.29, 1.82) is 0 Å². The van der Waals surface area contributed by atoms with E-state index < -0.39 is 23.7 Å². The zero-order valence-corrected chi connectivity index (χ0v) is 10.4. The fourth-order valence-corrected chi connectivity index (χ4v) is 0.916. The summed E-state index contributed by atoms with van der Waals surface area (Å²) in [5.41, 5.74) is -0.415. The number of alkyl carbamates (subject to hydrolysis) is 1. The van der Waals surface area contributed by atoms with Crippen LogP contribution in [0.25, 0.3) is 0 Å². The number of carbonyl (C=O) groups excluding carboxylic acids is 2. The molecule has 2 N–H and O–H groups in total. The summed E-state index contributed by atoms with van der Waals surface area (Å²) in [6.07, 6.45) is 1.50. The zero-order valence-electron chi connectivity index (χ0n) is 10.4. The maximum atomic E-state index is 11.2. The number of rotatable bonds is 7. The molecule has 0 aromatic heterocycles. The predicted octanol–water partition coefficient (Wildman–Crippen LogP) is 1.04. The first kappa shape index (κ1) is 16.0. The van der Waals surface area contributed by atoms with E-state index in [4.69, 9.17) is 9.84 Å². The van der Waals surface area contributed by atoms with Crippen LogP contribution in [0.2, 0.25) is 0 Å². The highest BCUT2D eigenvalue weighted by molar-refractivity contribution is 5.91. The normalized spacial score (nSPS) is 10.7. The minimum atomic E-state index is -1.36. The molecule has 0 heterocycles. The lowest BCUT2D eigenvalue weighted by Crippen LogP contribution is -2.28. The highest BCUT2D eigenvalue weighted by Gasteiger charge is 2.12. The van der Waals surface area contributed by atoms with Gasteiger partial charge in [0, 0.05) is 0 Å². The largest absolute Gasteiger partial charge is 0.477 e. The third-order valence-corrected chi connectivity index (χ3v) is 1.90. The summed E-state index contributed by atoms with van der Waals surface area (Å²) in [4.78, 5) is 32.8. The minimum absolute atomic E-state index is 0.215. The molecule has 0 saturated carbocycles. The van der Waals surface area contributed by atoms with Gasteiger partial charge in [0.2, 0.25) is 0 Å². The molecule has 0 radical (unpaired) electrons. The highest BCUT2D eigenvalue weighted by Crippen LogP contribution is 1.97. The van der Waals surface area contributed by atoms with Crippen molar-refractivity contribution in [3.63, 3.8) is 0 Å². The lowest BCUT2D eigenvalue weighted by molar-refractivity contribution is -0.139. The van der Waals surface area contributed by atoms with Gasteiger partial charge < -0.3 is 14.6 Å². The number of carboxylic acid groups (broad SMARTS) is 1. The first-order chi connectivity index (χ1) is 8.51. The Morgan fingerprint density at radius 3 is 2.50 bits per heavy atom. The topological polar surface area (TPSA) is 102 Å². The number of hydrogen-bond acceptors (Lipinski definition) is 5. The van der Waals surface area contributed by atoms with Gasteiger partial charge in [-0.25, -0.2) is 9.59 Å². The molecule has 0 spiro atoms. The van der Waals surface area contributed by atoms with E-state index in [1.54, 1.807) is 0 Å². The predicted molar refractivity (Wildman–Crippen MR) is 61.7 cm³/mol. The Morgan fingerprint density at radius 1 is 1.33 bits per heavy atom. The minimum Gasteiger partial charge on any atom is -0.477 e. The molecule has 0 aromatic rings. The summed E-state index contributed by atoms with van der Waals surface area (Å²) < 4.78 is 9.07. The quantitative estimate of drug-likeness (QED) is 0.402. The number of esters is 1. The van der Waals surface area contributed by atoms with Crippen LogP contribution < -0.4 is 5.32 Å². The van der Waals surface area contributed by atoms with Crippen molar-refractivity contribution < 1.29 is 29.0 Å². The van der Waals surface area contributed by atoms with Gasteiger partial charge in [0.05, 0.1) is 20.1 Å². The van der Waals surface area contributed by atoms with Crippen LogP contribution in [0, 0.1) is 0 Å². The molecular weight excluding hydrogens is 242 g/mol. The Bertz CT molecular complexity index is 336. The molecule has 0 atom stereocenters. The number of aliphatic carboxylic acids is 1. The molecule has 102 valence electrons. The van der Waals surface area contributed by atoms with Crippen LogP contribution in [0.1, 0.15) is 26.2 Å². The Hall–Kier alpha value is -2.05. The molecule has 0 saturated heterocycles. The van der Waals surface area contributed by atoms with E-state index in [9.17, 15) is 14.4 Å². The van der Waals surface area contributed by atoms with Gasteiger partial charge in [0.1, 0.15) is 5.70 Å². The summed E-state index contributed by atoms with van der Waals surface area (Å²) in [6, 6.07) is 0. The molecule has 18 heavy (non-hydrogen) atoms. The zero-order chi connectivity index (χ0) is 14.0.